The van der Waals surface area contributed by atoms with Crippen molar-refractivity contribution >= 4 is 5.91 Å². The van der Waals surface area contributed by atoms with Gasteiger partial charge in [-0.3, -0.25) is 9.69 Å². The molecule has 1 rings (SSSR count). The van der Waals surface area contributed by atoms with Gasteiger partial charge in [0.05, 0.1) is 0 Å². The number of carbonyl (C=O) groups is 1. The molecule has 4 nitrogen and oxygen atoms in total. The van der Waals surface area contributed by atoms with E-state index in [4.69, 9.17) is 4.74 Å². The molecule has 2 atom stereocenters. The van der Waals surface area contributed by atoms with E-state index in [0.717, 1.165) is 32.4 Å². The van der Waals surface area contributed by atoms with E-state index >= 15 is 0 Å². The minimum atomic E-state index is -0.329. The molecule has 0 spiro atoms. The maximum absolute atomic E-state index is 11.9. The van der Waals surface area contributed by atoms with Crippen LogP contribution < -0.4 is 5.32 Å². The molecule has 1 aliphatic heterocycles. The number of carbonyl (C=O) groups excluding carboxylic acids is 1. The van der Waals surface area contributed by atoms with Crippen molar-refractivity contribution in [2.75, 3.05) is 19.7 Å². The standard InChI is InChI=1S/C14H28N2O2/c1-5-6-9-18-12(4)14(17)15-13-7-8-16(10-13)11(2)3/h11-13H,5-10H2,1-4H3,(H,15,17). The first kappa shape index (κ1) is 15.4. The molecule has 106 valence electrons. The number of likely N-dealkylation sites (tertiary alicyclic amines) is 1. The van der Waals surface area contributed by atoms with Gasteiger partial charge in [0.1, 0.15) is 6.10 Å². The third kappa shape index (κ3) is 4.94. The summed E-state index contributed by atoms with van der Waals surface area (Å²) in [5.41, 5.74) is 0. The van der Waals surface area contributed by atoms with Crippen LogP contribution in [0.25, 0.3) is 0 Å². The van der Waals surface area contributed by atoms with Crippen molar-refractivity contribution in [1.29, 1.82) is 0 Å². The summed E-state index contributed by atoms with van der Waals surface area (Å²) in [7, 11) is 0. The molecule has 1 saturated heterocycles. The van der Waals surface area contributed by atoms with Crippen LogP contribution >= 0.6 is 0 Å². The molecule has 0 saturated carbocycles. The zero-order chi connectivity index (χ0) is 13.5. The van der Waals surface area contributed by atoms with Crippen LogP contribution in [0, 0.1) is 0 Å². The summed E-state index contributed by atoms with van der Waals surface area (Å²) in [5.74, 6) is 0.0294. The third-order valence-corrected chi connectivity index (χ3v) is 3.53. The van der Waals surface area contributed by atoms with Crippen molar-refractivity contribution in [3.63, 3.8) is 0 Å². The molecule has 1 N–H and O–H groups in total. The van der Waals surface area contributed by atoms with Crippen LogP contribution in [0.1, 0.15) is 47.0 Å². The highest BCUT2D eigenvalue weighted by atomic mass is 16.5. The Hall–Kier alpha value is -0.610. The highest BCUT2D eigenvalue weighted by molar-refractivity contribution is 5.80. The lowest BCUT2D eigenvalue weighted by atomic mass is 10.2. The van der Waals surface area contributed by atoms with Gasteiger partial charge in [0.15, 0.2) is 0 Å². The van der Waals surface area contributed by atoms with E-state index in [9.17, 15) is 4.79 Å². The Bertz CT molecular complexity index is 256. The van der Waals surface area contributed by atoms with Crippen LogP contribution in [0.3, 0.4) is 0 Å². The average Bonchev–Trinajstić information content (AvgIpc) is 2.77. The fourth-order valence-corrected chi connectivity index (χ4v) is 2.17. The lowest BCUT2D eigenvalue weighted by molar-refractivity contribution is -0.132. The van der Waals surface area contributed by atoms with E-state index in [1.165, 1.54) is 0 Å². The summed E-state index contributed by atoms with van der Waals surface area (Å²) in [5, 5.41) is 3.08. The van der Waals surface area contributed by atoms with Crippen LogP contribution in [0.4, 0.5) is 0 Å². The second-order valence-corrected chi connectivity index (χ2v) is 5.45. The van der Waals surface area contributed by atoms with Crippen molar-refractivity contribution in [2.45, 2.75) is 65.1 Å². The second-order valence-electron chi connectivity index (χ2n) is 5.45. The summed E-state index contributed by atoms with van der Waals surface area (Å²) < 4.78 is 5.50. The fourth-order valence-electron chi connectivity index (χ4n) is 2.17. The van der Waals surface area contributed by atoms with Gasteiger partial charge < -0.3 is 10.1 Å². The number of ether oxygens (including phenoxy) is 1. The zero-order valence-electron chi connectivity index (χ0n) is 12.2. The monoisotopic (exact) mass is 256 g/mol. The summed E-state index contributed by atoms with van der Waals surface area (Å²) >= 11 is 0. The topological polar surface area (TPSA) is 41.6 Å². The maximum atomic E-state index is 11.9. The Labute approximate surface area is 111 Å². The maximum Gasteiger partial charge on any atom is 0.249 e. The van der Waals surface area contributed by atoms with Crippen molar-refractivity contribution in [2.24, 2.45) is 0 Å². The molecule has 0 aromatic rings. The van der Waals surface area contributed by atoms with Crippen LogP contribution in [-0.2, 0) is 9.53 Å². The highest BCUT2D eigenvalue weighted by Crippen LogP contribution is 2.12. The van der Waals surface area contributed by atoms with E-state index in [2.05, 4.69) is 31.0 Å². The summed E-state index contributed by atoms with van der Waals surface area (Å²) in [6.45, 7) is 11.1. The Morgan fingerprint density at radius 1 is 1.44 bits per heavy atom. The minimum absolute atomic E-state index is 0.0294. The number of nitrogens with one attached hydrogen (secondary N) is 1. The predicted octanol–water partition coefficient (Wildman–Crippen LogP) is 1.79. The molecule has 0 bridgehead atoms. The van der Waals surface area contributed by atoms with Gasteiger partial charge in [-0.05, 0) is 33.6 Å². The summed E-state index contributed by atoms with van der Waals surface area (Å²) in [6, 6.07) is 0.849. The van der Waals surface area contributed by atoms with E-state index in [-0.39, 0.29) is 18.1 Å². The quantitative estimate of drug-likeness (QED) is 0.706. The number of nitrogens with zero attached hydrogens (tertiary/aromatic N) is 1. The first-order chi connectivity index (χ1) is 8.54. The van der Waals surface area contributed by atoms with Crippen LogP contribution in [0.15, 0.2) is 0 Å². The Morgan fingerprint density at radius 3 is 2.72 bits per heavy atom. The third-order valence-electron chi connectivity index (χ3n) is 3.53. The van der Waals surface area contributed by atoms with Gasteiger partial charge in [-0.1, -0.05) is 13.3 Å². The molecule has 18 heavy (non-hydrogen) atoms. The zero-order valence-corrected chi connectivity index (χ0v) is 12.2. The smallest absolute Gasteiger partial charge is 0.249 e. The van der Waals surface area contributed by atoms with Crippen molar-refractivity contribution in [3.05, 3.63) is 0 Å². The molecule has 2 unspecified atom stereocenters. The van der Waals surface area contributed by atoms with Gasteiger partial charge in [0, 0.05) is 31.8 Å². The Morgan fingerprint density at radius 2 is 2.17 bits per heavy atom. The number of unbranched alkanes of at least 4 members (excludes halogenated alkanes) is 1. The molecule has 0 aliphatic carbocycles. The molecule has 4 heteroatoms. The highest BCUT2D eigenvalue weighted by Gasteiger charge is 2.26. The van der Waals surface area contributed by atoms with Gasteiger partial charge in [-0.2, -0.15) is 0 Å². The molecule has 1 amide bonds. The van der Waals surface area contributed by atoms with Crippen molar-refractivity contribution < 1.29 is 9.53 Å². The van der Waals surface area contributed by atoms with E-state index in [1.54, 1.807) is 0 Å². The molecular weight excluding hydrogens is 228 g/mol. The molecule has 1 heterocycles. The molecule has 0 radical (unpaired) electrons. The van der Waals surface area contributed by atoms with Gasteiger partial charge in [0.2, 0.25) is 5.91 Å². The summed E-state index contributed by atoms with van der Waals surface area (Å²) in [4.78, 5) is 14.3. The average molecular weight is 256 g/mol. The van der Waals surface area contributed by atoms with Gasteiger partial charge in [-0.15, -0.1) is 0 Å². The normalized spacial score (nSPS) is 22.4. The molecule has 0 aromatic carbocycles. The lowest BCUT2D eigenvalue weighted by Gasteiger charge is -2.21. The van der Waals surface area contributed by atoms with Crippen molar-refractivity contribution in [3.8, 4) is 0 Å². The van der Waals surface area contributed by atoms with Gasteiger partial charge in [0.25, 0.3) is 0 Å². The number of amides is 1. The lowest BCUT2D eigenvalue weighted by Crippen LogP contribution is -2.43. The van der Waals surface area contributed by atoms with Crippen LogP contribution in [-0.4, -0.2) is 48.7 Å². The molecule has 0 aromatic heterocycles. The second kappa shape index (κ2) is 7.74. The number of hydrogen-bond acceptors (Lipinski definition) is 3. The van der Waals surface area contributed by atoms with Gasteiger partial charge in [-0.25, -0.2) is 0 Å². The van der Waals surface area contributed by atoms with Crippen LogP contribution in [0.2, 0.25) is 0 Å². The molecular formula is C14H28N2O2. The minimum Gasteiger partial charge on any atom is -0.369 e. The first-order valence-corrected chi connectivity index (χ1v) is 7.20. The largest absolute Gasteiger partial charge is 0.369 e. The molecule has 1 aliphatic rings. The fraction of sp³-hybridized carbons (Fsp3) is 0.929. The van der Waals surface area contributed by atoms with Crippen LogP contribution in [0.5, 0.6) is 0 Å². The van der Waals surface area contributed by atoms with Gasteiger partial charge >= 0.3 is 0 Å². The predicted molar refractivity (Wildman–Crippen MR) is 73.6 cm³/mol. The Balaban J connectivity index is 2.24. The van der Waals surface area contributed by atoms with Crippen molar-refractivity contribution in [1.82, 2.24) is 10.2 Å². The SMILES string of the molecule is CCCCOC(C)C(=O)NC1CCN(C(C)C)C1. The number of rotatable bonds is 7. The summed E-state index contributed by atoms with van der Waals surface area (Å²) in [6.07, 6.45) is 2.83. The Kier molecular flexibility index (Phi) is 6.65. The number of hydrogen-bond donors (Lipinski definition) is 1. The van der Waals surface area contributed by atoms with E-state index in [0.29, 0.717) is 12.6 Å². The first-order valence-electron chi connectivity index (χ1n) is 7.20. The van der Waals surface area contributed by atoms with E-state index < -0.39 is 0 Å². The van der Waals surface area contributed by atoms with E-state index in [1.807, 2.05) is 6.92 Å². The molecule has 1 fully saturated rings.